The fourth-order valence-electron chi connectivity index (χ4n) is 3.87. The SMILES string of the molecule is Cc1ccccc1C(=O)N1CCN(S(=O)(=O)c2cc3c(cc2C)NC(=O)[C@H](C)O3)CC1. The second kappa shape index (κ2) is 7.97. The number of rotatable bonds is 3. The zero-order valence-electron chi connectivity index (χ0n) is 17.7. The maximum absolute atomic E-state index is 13.3. The average Bonchev–Trinajstić information content (AvgIpc) is 2.74. The first kappa shape index (κ1) is 21.3. The second-order valence-corrected chi connectivity index (χ2v) is 9.78. The summed E-state index contributed by atoms with van der Waals surface area (Å²) < 4.78 is 33.6. The van der Waals surface area contributed by atoms with Crippen LogP contribution in [0.1, 0.15) is 28.4 Å². The number of sulfonamides is 1. The van der Waals surface area contributed by atoms with Crippen LogP contribution in [0.25, 0.3) is 0 Å². The van der Waals surface area contributed by atoms with Crippen LogP contribution in [0.4, 0.5) is 5.69 Å². The van der Waals surface area contributed by atoms with Gasteiger partial charge in [0, 0.05) is 37.8 Å². The molecule has 0 spiro atoms. The van der Waals surface area contributed by atoms with Crippen molar-refractivity contribution < 1.29 is 22.7 Å². The van der Waals surface area contributed by atoms with Crippen LogP contribution >= 0.6 is 0 Å². The van der Waals surface area contributed by atoms with Crippen LogP contribution in [0.15, 0.2) is 41.3 Å². The number of hydrogen-bond donors (Lipinski definition) is 1. The van der Waals surface area contributed by atoms with E-state index in [1.807, 2.05) is 25.1 Å². The number of carbonyl (C=O) groups is 2. The second-order valence-electron chi connectivity index (χ2n) is 7.87. The van der Waals surface area contributed by atoms with Gasteiger partial charge in [0.25, 0.3) is 11.8 Å². The predicted octanol–water partition coefficient (Wildman–Crippen LogP) is 2.17. The lowest BCUT2D eigenvalue weighted by molar-refractivity contribution is -0.122. The number of nitrogens with zero attached hydrogens (tertiary/aromatic N) is 2. The van der Waals surface area contributed by atoms with Crippen molar-refractivity contribution in [1.82, 2.24) is 9.21 Å². The van der Waals surface area contributed by atoms with Crippen molar-refractivity contribution in [3.8, 4) is 5.75 Å². The highest BCUT2D eigenvalue weighted by molar-refractivity contribution is 7.89. The minimum Gasteiger partial charge on any atom is -0.479 e. The maximum atomic E-state index is 13.3. The summed E-state index contributed by atoms with van der Waals surface area (Å²) in [6, 6.07) is 10.5. The number of nitrogens with one attached hydrogen (secondary N) is 1. The van der Waals surface area contributed by atoms with E-state index >= 15 is 0 Å². The Morgan fingerprint density at radius 3 is 2.42 bits per heavy atom. The Kier molecular flexibility index (Phi) is 5.49. The van der Waals surface area contributed by atoms with Gasteiger partial charge in [-0.1, -0.05) is 18.2 Å². The highest BCUT2D eigenvalue weighted by atomic mass is 32.2. The molecule has 0 unspecified atom stereocenters. The van der Waals surface area contributed by atoms with Gasteiger partial charge in [-0.15, -0.1) is 0 Å². The number of aryl methyl sites for hydroxylation is 2. The van der Waals surface area contributed by atoms with E-state index in [2.05, 4.69) is 5.32 Å². The summed E-state index contributed by atoms with van der Waals surface area (Å²) in [6.07, 6.45) is -0.693. The molecule has 164 valence electrons. The number of carbonyl (C=O) groups excluding carboxylic acids is 2. The number of hydrogen-bond acceptors (Lipinski definition) is 5. The molecule has 0 bridgehead atoms. The lowest BCUT2D eigenvalue weighted by Crippen LogP contribution is -2.50. The topological polar surface area (TPSA) is 96.0 Å². The van der Waals surface area contributed by atoms with Crippen LogP contribution in [0, 0.1) is 13.8 Å². The Bertz CT molecular complexity index is 1150. The average molecular weight is 444 g/mol. The molecule has 8 nitrogen and oxygen atoms in total. The van der Waals surface area contributed by atoms with E-state index in [-0.39, 0.29) is 29.8 Å². The van der Waals surface area contributed by atoms with Crippen molar-refractivity contribution in [2.24, 2.45) is 0 Å². The molecular weight excluding hydrogens is 418 g/mol. The fraction of sp³-hybridized carbons (Fsp3) is 0.364. The van der Waals surface area contributed by atoms with Crippen molar-refractivity contribution in [1.29, 1.82) is 0 Å². The summed E-state index contributed by atoms with van der Waals surface area (Å²) in [4.78, 5) is 26.5. The van der Waals surface area contributed by atoms with E-state index in [0.717, 1.165) is 5.56 Å². The first-order valence-corrected chi connectivity index (χ1v) is 11.6. The number of piperazine rings is 1. The van der Waals surface area contributed by atoms with Crippen molar-refractivity contribution in [2.45, 2.75) is 31.8 Å². The van der Waals surface area contributed by atoms with Crippen LogP contribution in [0.2, 0.25) is 0 Å². The molecule has 2 aliphatic heterocycles. The first-order valence-electron chi connectivity index (χ1n) is 10.2. The lowest BCUT2D eigenvalue weighted by atomic mass is 10.1. The summed E-state index contributed by atoms with van der Waals surface area (Å²) in [5.74, 6) is -0.0140. The standard InChI is InChI=1S/C22H25N3O5S/c1-14-6-4-5-7-17(14)22(27)24-8-10-25(11-9-24)31(28,29)20-13-19-18(12-15(20)2)23-21(26)16(3)30-19/h4-7,12-13,16H,8-11H2,1-3H3,(H,23,26)/t16-/m0/s1. The third-order valence-electron chi connectivity index (χ3n) is 5.73. The Balaban J connectivity index is 1.52. The molecule has 2 amide bonds. The van der Waals surface area contributed by atoms with Gasteiger partial charge in [0.15, 0.2) is 6.10 Å². The van der Waals surface area contributed by atoms with Crippen molar-refractivity contribution >= 4 is 27.5 Å². The molecule has 9 heteroatoms. The van der Waals surface area contributed by atoms with E-state index in [1.54, 1.807) is 30.9 Å². The summed E-state index contributed by atoms with van der Waals surface area (Å²) >= 11 is 0. The molecular formula is C22H25N3O5S. The molecule has 4 rings (SSSR count). The number of benzene rings is 2. The van der Waals surface area contributed by atoms with Crippen molar-refractivity contribution in [2.75, 3.05) is 31.5 Å². The predicted molar refractivity (Wildman–Crippen MR) is 116 cm³/mol. The highest BCUT2D eigenvalue weighted by Crippen LogP contribution is 2.35. The third kappa shape index (κ3) is 3.90. The zero-order valence-corrected chi connectivity index (χ0v) is 18.5. The maximum Gasteiger partial charge on any atom is 0.265 e. The molecule has 2 heterocycles. The van der Waals surface area contributed by atoms with E-state index < -0.39 is 16.1 Å². The van der Waals surface area contributed by atoms with Gasteiger partial charge in [-0.05, 0) is 44.0 Å². The molecule has 0 aromatic heterocycles. The van der Waals surface area contributed by atoms with Crippen LogP contribution in [-0.4, -0.2) is 61.7 Å². The minimum absolute atomic E-state index is 0.0850. The lowest BCUT2D eigenvalue weighted by Gasteiger charge is -2.34. The number of fused-ring (bicyclic) bond motifs is 1. The van der Waals surface area contributed by atoms with E-state index in [0.29, 0.717) is 35.7 Å². The molecule has 31 heavy (non-hydrogen) atoms. The molecule has 1 atom stereocenters. The normalized spacial score (nSPS) is 19.4. The molecule has 2 aromatic carbocycles. The molecule has 0 aliphatic carbocycles. The first-order chi connectivity index (χ1) is 14.7. The van der Waals surface area contributed by atoms with Crippen molar-refractivity contribution in [3.63, 3.8) is 0 Å². The monoisotopic (exact) mass is 443 g/mol. The molecule has 1 saturated heterocycles. The Morgan fingerprint density at radius 2 is 1.74 bits per heavy atom. The van der Waals surface area contributed by atoms with Crippen LogP contribution in [-0.2, 0) is 14.8 Å². The number of anilines is 1. The Labute approximate surface area is 181 Å². The van der Waals surface area contributed by atoms with Gasteiger partial charge in [-0.2, -0.15) is 4.31 Å². The summed E-state index contributed by atoms with van der Waals surface area (Å²) in [5, 5.41) is 2.73. The van der Waals surface area contributed by atoms with E-state index in [9.17, 15) is 18.0 Å². The minimum atomic E-state index is -3.78. The molecule has 0 saturated carbocycles. The van der Waals surface area contributed by atoms with Crippen LogP contribution in [0.3, 0.4) is 0 Å². The van der Waals surface area contributed by atoms with Gasteiger partial charge in [0.2, 0.25) is 10.0 Å². The third-order valence-corrected chi connectivity index (χ3v) is 7.77. The van der Waals surface area contributed by atoms with Crippen molar-refractivity contribution in [3.05, 3.63) is 53.1 Å². The van der Waals surface area contributed by atoms with Crippen LogP contribution < -0.4 is 10.1 Å². The Hall–Kier alpha value is -2.91. The van der Waals surface area contributed by atoms with Gasteiger partial charge in [0.05, 0.1) is 10.6 Å². The fourth-order valence-corrected chi connectivity index (χ4v) is 5.52. The summed E-state index contributed by atoms with van der Waals surface area (Å²) in [5.41, 5.74) is 2.52. The molecule has 2 aliphatic rings. The van der Waals surface area contributed by atoms with Gasteiger partial charge in [-0.3, -0.25) is 9.59 Å². The highest BCUT2D eigenvalue weighted by Gasteiger charge is 2.33. The largest absolute Gasteiger partial charge is 0.479 e. The smallest absolute Gasteiger partial charge is 0.265 e. The van der Waals surface area contributed by atoms with Gasteiger partial charge in [-0.25, -0.2) is 8.42 Å². The van der Waals surface area contributed by atoms with Crippen LogP contribution in [0.5, 0.6) is 5.75 Å². The number of ether oxygens (including phenoxy) is 1. The molecule has 2 aromatic rings. The zero-order chi connectivity index (χ0) is 22.3. The summed E-state index contributed by atoms with van der Waals surface area (Å²) in [6.45, 7) is 6.25. The quantitative estimate of drug-likeness (QED) is 0.784. The number of amides is 2. The van der Waals surface area contributed by atoms with Gasteiger partial charge in [0.1, 0.15) is 5.75 Å². The molecule has 1 N–H and O–H groups in total. The molecule has 1 fully saturated rings. The Morgan fingerprint density at radius 1 is 1.06 bits per heavy atom. The van der Waals surface area contributed by atoms with Gasteiger partial charge >= 0.3 is 0 Å². The van der Waals surface area contributed by atoms with E-state index in [1.165, 1.54) is 10.4 Å². The summed E-state index contributed by atoms with van der Waals surface area (Å²) in [7, 11) is -3.78. The van der Waals surface area contributed by atoms with E-state index in [4.69, 9.17) is 4.74 Å². The molecule has 0 radical (unpaired) electrons. The van der Waals surface area contributed by atoms with Gasteiger partial charge < -0.3 is 15.0 Å².